The van der Waals surface area contributed by atoms with Gasteiger partial charge < -0.3 is 10.1 Å². The zero-order valence-electron chi connectivity index (χ0n) is 11.9. The van der Waals surface area contributed by atoms with E-state index in [1.165, 1.54) is 22.6 Å². The van der Waals surface area contributed by atoms with Crippen molar-refractivity contribution < 1.29 is 9.13 Å². The smallest absolute Gasteiger partial charge is 0.127 e. The summed E-state index contributed by atoms with van der Waals surface area (Å²) in [5.74, 6) is 0.358. The lowest BCUT2D eigenvalue weighted by molar-refractivity contribution is 0.315. The highest BCUT2D eigenvalue weighted by molar-refractivity contribution is 8.00. The molecule has 0 fully saturated rings. The van der Waals surface area contributed by atoms with Crippen LogP contribution in [-0.2, 0) is 13.0 Å². The summed E-state index contributed by atoms with van der Waals surface area (Å²) in [6.45, 7) is 1.24. The van der Waals surface area contributed by atoms with E-state index in [2.05, 4.69) is 29.6 Å². The van der Waals surface area contributed by atoms with Gasteiger partial charge >= 0.3 is 0 Å². The molecule has 2 aromatic carbocycles. The Hall–Kier alpha value is -1.52. The maximum atomic E-state index is 13.6. The SMILES string of the molecule is CNCc1cc(F)cc(OCC2Cc3ccccc3S2)c1. The van der Waals surface area contributed by atoms with E-state index >= 15 is 0 Å². The fourth-order valence-electron chi connectivity index (χ4n) is 2.55. The van der Waals surface area contributed by atoms with Crippen LogP contribution in [-0.4, -0.2) is 18.9 Å². The summed E-state index contributed by atoms with van der Waals surface area (Å²) in [5, 5.41) is 3.42. The van der Waals surface area contributed by atoms with Gasteiger partial charge in [-0.05, 0) is 42.8 Å². The predicted octanol–water partition coefficient (Wildman–Crippen LogP) is 3.64. The largest absolute Gasteiger partial charge is 0.492 e. The van der Waals surface area contributed by atoms with Crippen LogP contribution in [0.4, 0.5) is 4.39 Å². The average Bonchev–Trinajstić information content (AvgIpc) is 2.88. The molecule has 0 aromatic heterocycles. The van der Waals surface area contributed by atoms with Crippen LogP contribution in [0.3, 0.4) is 0 Å². The van der Waals surface area contributed by atoms with E-state index in [0.717, 1.165) is 12.0 Å². The van der Waals surface area contributed by atoms with Gasteiger partial charge in [-0.2, -0.15) is 0 Å². The maximum absolute atomic E-state index is 13.6. The molecule has 0 saturated carbocycles. The van der Waals surface area contributed by atoms with E-state index in [9.17, 15) is 4.39 Å². The van der Waals surface area contributed by atoms with Gasteiger partial charge in [0.2, 0.25) is 0 Å². The number of benzene rings is 2. The fourth-order valence-corrected chi connectivity index (χ4v) is 3.76. The van der Waals surface area contributed by atoms with E-state index in [1.54, 1.807) is 0 Å². The summed E-state index contributed by atoms with van der Waals surface area (Å²) in [4.78, 5) is 1.33. The summed E-state index contributed by atoms with van der Waals surface area (Å²) in [7, 11) is 1.85. The van der Waals surface area contributed by atoms with Gasteiger partial charge in [-0.15, -0.1) is 11.8 Å². The van der Waals surface area contributed by atoms with Crippen LogP contribution in [0.15, 0.2) is 47.4 Å². The molecule has 1 aliphatic rings. The molecule has 1 aliphatic heterocycles. The van der Waals surface area contributed by atoms with Crippen LogP contribution in [0.25, 0.3) is 0 Å². The number of rotatable bonds is 5. The second-order valence-electron chi connectivity index (χ2n) is 5.19. The number of ether oxygens (including phenoxy) is 1. The normalized spacial score (nSPS) is 16.8. The van der Waals surface area contributed by atoms with Gasteiger partial charge in [0.25, 0.3) is 0 Å². The standard InChI is InChI=1S/C17H18FNOS/c1-19-10-12-6-14(18)9-15(7-12)20-11-16-8-13-4-2-3-5-17(13)21-16/h2-7,9,16,19H,8,10-11H2,1H3. The van der Waals surface area contributed by atoms with Gasteiger partial charge in [0.1, 0.15) is 18.2 Å². The summed E-state index contributed by atoms with van der Waals surface area (Å²) < 4.78 is 19.4. The molecule has 4 heteroatoms. The number of thioether (sulfide) groups is 1. The van der Waals surface area contributed by atoms with Crippen LogP contribution < -0.4 is 10.1 Å². The lowest BCUT2D eigenvalue weighted by Gasteiger charge is -2.12. The van der Waals surface area contributed by atoms with Crippen molar-refractivity contribution in [3.63, 3.8) is 0 Å². The fraction of sp³-hybridized carbons (Fsp3) is 0.294. The first-order valence-electron chi connectivity index (χ1n) is 7.06. The molecule has 2 nitrogen and oxygen atoms in total. The highest BCUT2D eigenvalue weighted by atomic mass is 32.2. The minimum absolute atomic E-state index is 0.250. The molecule has 110 valence electrons. The van der Waals surface area contributed by atoms with Gasteiger partial charge in [0, 0.05) is 22.8 Å². The van der Waals surface area contributed by atoms with Crippen molar-refractivity contribution in [1.82, 2.24) is 5.32 Å². The molecule has 1 heterocycles. The van der Waals surface area contributed by atoms with Crippen LogP contribution in [0.2, 0.25) is 0 Å². The molecular formula is C17H18FNOS. The van der Waals surface area contributed by atoms with E-state index < -0.39 is 0 Å². The van der Waals surface area contributed by atoms with Crippen LogP contribution >= 0.6 is 11.8 Å². The molecule has 0 bridgehead atoms. The summed E-state index contributed by atoms with van der Waals surface area (Å²) >= 11 is 1.84. The Morgan fingerprint density at radius 3 is 2.95 bits per heavy atom. The quantitative estimate of drug-likeness (QED) is 0.911. The topological polar surface area (TPSA) is 21.3 Å². The molecule has 0 amide bonds. The molecule has 0 spiro atoms. The first kappa shape index (κ1) is 14.4. The van der Waals surface area contributed by atoms with Crippen LogP contribution in [0.5, 0.6) is 5.75 Å². The Morgan fingerprint density at radius 1 is 1.29 bits per heavy atom. The number of hydrogen-bond acceptors (Lipinski definition) is 3. The zero-order chi connectivity index (χ0) is 14.7. The van der Waals surface area contributed by atoms with Crippen molar-refractivity contribution in [2.75, 3.05) is 13.7 Å². The number of hydrogen-bond donors (Lipinski definition) is 1. The first-order chi connectivity index (χ1) is 10.2. The second-order valence-corrected chi connectivity index (χ2v) is 6.53. The van der Waals surface area contributed by atoms with E-state index in [0.29, 0.717) is 24.2 Å². The van der Waals surface area contributed by atoms with Crippen LogP contribution in [0.1, 0.15) is 11.1 Å². The minimum Gasteiger partial charge on any atom is -0.492 e. The summed E-state index contributed by atoms with van der Waals surface area (Å²) in [5.41, 5.74) is 2.28. The Labute approximate surface area is 128 Å². The molecule has 0 aliphatic carbocycles. The van der Waals surface area contributed by atoms with Gasteiger partial charge in [-0.25, -0.2) is 4.39 Å². The molecule has 1 N–H and O–H groups in total. The Balaban J connectivity index is 1.61. The van der Waals surface area contributed by atoms with Gasteiger partial charge in [-0.1, -0.05) is 18.2 Å². The highest BCUT2D eigenvalue weighted by Crippen LogP contribution is 2.36. The number of halogens is 1. The Kier molecular flexibility index (Phi) is 4.46. The third-order valence-corrected chi connectivity index (χ3v) is 4.75. The highest BCUT2D eigenvalue weighted by Gasteiger charge is 2.22. The first-order valence-corrected chi connectivity index (χ1v) is 7.94. The van der Waals surface area contributed by atoms with Crippen molar-refractivity contribution in [2.24, 2.45) is 0 Å². The monoisotopic (exact) mass is 303 g/mol. The third kappa shape index (κ3) is 3.57. The number of nitrogens with one attached hydrogen (secondary N) is 1. The zero-order valence-corrected chi connectivity index (χ0v) is 12.8. The average molecular weight is 303 g/mol. The molecule has 3 rings (SSSR count). The van der Waals surface area contributed by atoms with Gasteiger partial charge in [0.15, 0.2) is 0 Å². The van der Waals surface area contributed by atoms with Crippen molar-refractivity contribution in [3.05, 3.63) is 59.4 Å². The summed E-state index contributed by atoms with van der Waals surface area (Å²) in [6, 6.07) is 13.3. The summed E-state index contributed by atoms with van der Waals surface area (Å²) in [6.07, 6.45) is 1.01. The van der Waals surface area contributed by atoms with E-state index in [-0.39, 0.29) is 5.82 Å². The third-order valence-electron chi connectivity index (χ3n) is 3.46. The molecule has 2 aromatic rings. The molecule has 0 saturated heterocycles. The van der Waals surface area contributed by atoms with Crippen molar-refractivity contribution >= 4 is 11.8 Å². The molecule has 1 atom stereocenters. The lowest BCUT2D eigenvalue weighted by atomic mass is 10.1. The van der Waals surface area contributed by atoms with Crippen molar-refractivity contribution in [3.8, 4) is 5.75 Å². The Morgan fingerprint density at radius 2 is 2.14 bits per heavy atom. The lowest BCUT2D eigenvalue weighted by Crippen LogP contribution is -2.14. The molecular weight excluding hydrogens is 285 g/mol. The Bertz CT molecular complexity index is 607. The van der Waals surface area contributed by atoms with E-state index in [1.807, 2.05) is 24.9 Å². The van der Waals surface area contributed by atoms with E-state index in [4.69, 9.17) is 4.74 Å². The molecule has 21 heavy (non-hydrogen) atoms. The number of fused-ring (bicyclic) bond motifs is 1. The van der Waals surface area contributed by atoms with Crippen molar-refractivity contribution in [1.29, 1.82) is 0 Å². The van der Waals surface area contributed by atoms with Gasteiger partial charge in [0.05, 0.1) is 0 Å². The predicted molar refractivity (Wildman–Crippen MR) is 84.4 cm³/mol. The maximum Gasteiger partial charge on any atom is 0.127 e. The molecule has 1 unspecified atom stereocenters. The molecule has 0 radical (unpaired) electrons. The minimum atomic E-state index is -0.250. The van der Waals surface area contributed by atoms with Gasteiger partial charge in [-0.3, -0.25) is 0 Å². The second kappa shape index (κ2) is 6.50. The van der Waals surface area contributed by atoms with Crippen LogP contribution in [0, 0.1) is 5.82 Å². The van der Waals surface area contributed by atoms with Crippen molar-refractivity contribution in [2.45, 2.75) is 23.1 Å².